The van der Waals surface area contributed by atoms with E-state index in [1.54, 1.807) is 18.3 Å². The van der Waals surface area contributed by atoms with Gasteiger partial charge >= 0.3 is 0 Å². The number of hydrogen-bond donors (Lipinski definition) is 1. The summed E-state index contributed by atoms with van der Waals surface area (Å²) in [6.07, 6.45) is 2.35. The van der Waals surface area contributed by atoms with E-state index < -0.39 is 5.54 Å². The van der Waals surface area contributed by atoms with Gasteiger partial charge in [0.25, 0.3) is 0 Å². The van der Waals surface area contributed by atoms with Gasteiger partial charge in [-0.1, -0.05) is 18.5 Å². The highest BCUT2D eigenvalue weighted by Gasteiger charge is 2.32. The molecular weight excluding hydrogens is 318 g/mol. The van der Waals surface area contributed by atoms with Crippen LogP contribution in [0.25, 0.3) is 0 Å². The van der Waals surface area contributed by atoms with E-state index in [4.69, 9.17) is 21.1 Å². The van der Waals surface area contributed by atoms with Crippen LogP contribution in [0, 0.1) is 0 Å². The smallest absolute Gasteiger partial charge is 0.240 e. The van der Waals surface area contributed by atoms with Gasteiger partial charge in [-0.2, -0.15) is 0 Å². The first-order valence-corrected chi connectivity index (χ1v) is 8.16. The summed E-state index contributed by atoms with van der Waals surface area (Å²) in [5, 5.41) is 3.53. The van der Waals surface area contributed by atoms with Gasteiger partial charge in [-0.25, -0.2) is 4.98 Å². The molecule has 128 valence electrons. The largest absolute Gasteiger partial charge is 0.474 e. The Morgan fingerprint density at radius 1 is 1.65 bits per heavy atom. The number of nitrogens with zero attached hydrogens (tertiary/aromatic N) is 2. The predicted octanol–water partition coefficient (Wildman–Crippen LogP) is 1.73. The molecule has 0 radical (unpaired) electrons. The lowest BCUT2D eigenvalue weighted by molar-refractivity contribution is -0.133. The predicted molar refractivity (Wildman–Crippen MR) is 88.8 cm³/mol. The van der Waals surface area contributed by atoms with Crippen molar-refractivity contribution in [2.45, 2.75) is 31.8 Å². The standard InChI is InChI=1S/C16H24ClN3O3/c1-4-16(2,11-23-15-12(17)6-5-7-18-15)19-14(21)13-10-22-9-8-20(13)3/h5-7,13H,4,8-11H2,1-3H3,(H,19,21)/t13-,16-/m0/s1. The second kappa shape index (κ2) is 7.95. The molecule has 7 heteroatoms. The van der Waals surface area contributed by atoms with E-state index >= 15 is 0 Å². The number of nitrogens with one attached hydrogen (secondary N) is 1. The molecule has 0 aliphatic carbocycles. The van der Waals surface area contributed by atoms with Gasteiger partial charge in [0, 0.05) is 12.7 Å². The van der Waals surface area contributed by atoms with Crippen LogP contribution in [0.1, 0.15) is 20.3 Å². The molecule has 1 aliphatic rings. The summed E-state index contributed by atoms with van der Waals surface area (Å²) in [6.45, 7) is 6.07. The van der Waals surface area contributed by atoms with Crippen LogP contribution in [-0.4, -0.2) is 60.8 Å². The summed E-state index contributed by atoms with van der Waals surface area (Å²) >= 11 is 6.04. The molecule has 1 N–H and O–H groups in total. The van der Waals surface area contributed by atoms with Crippen LogP contribution in [-0.2, 0) is 9.53 Å². The van der Waals surface area contributed by atoms with E-state index in [0.717, 1.165) is 13.0 Å². The normalized spacial score (nSPS) is 21.5. The number of carbonyl (C=O) groups is 1. The van der Waals surface area contributed by atoms with Gasteiger partial charge in [-0.3, -0.25) is 9.69 Å². The molecule has 2 atom stereocenters. The van der Waals surface area contributed by atoms with Gasteiger partial charge in [-0.05, 0) is 32.5 Å². The van der Waals surface area contributed by atoms with E-state index in [1.807, 2.05) is 25.8 Å². The molecule has 1 fully saturated rings. The maximum absolute atomic E-state index is 12.5. The maximum atomic E-state index is 12.5. The second-order valence-corrected chi connectivity index (χ2v) is 6.46. The Balaban J connectivity index is 1.96. The number of ether oxygens (including phenoxy) is 2. The van der Waals surface area contributed by atoms with E-state index in [9.17, 15) is 4.79 Å². The van der Waals surface area contributed by atoms with Crippen LogP contribution < -0.4 is 10.1 Å². The zero-order valence-electron chi connectivity index (χ0n) is 13.8. The van der Waals surface area contributed by atoms with Crippen LogP contribution in [0.3, 0.4) is 0 Å². The molecule has 0 saturated carbocycles. The van der Waals surface area contributed by atoms with Crippen LogP contribution in [0.5, 0.6) is 5.88 Å². The van der Waals surface area contributed by atoms with Crippen molar-refractivity contribution in [3.63, 3.8) is 0 Å². The number of aromatic nitrogens is 1. The van der Waals surface area contributed by atoms with Gasteiger partial charge in [0.05, 0.1) is 18.8 Å². The van der Waals surface area contributed by atoms with Gasteiger partial charge in [0.1, 0.15) is 17.7 Å². The van der Waals surface area contributed by atoms with Crippen molar-refractivity contribution in [1.29, 1.82) is 0 Å². The highest BCUT2D eigenvalue weighted by Crippen LogP contribution is 2.22. The van der Waals surface area contributed by atoms with Gasteiger partial charge < -0.3 is 14.8 Å². The van der Waals surface area contributed by atoms with E-state index in [1.165, 1.54) is 0 Å². The Bertz CT molecular complexity index is 543. The van der Waals surface area contributed by atoms with Crippen molar-refractivity contribution < 1.29 is 14.3 Å². The van der Waals surface area contributed by atoms with Crippen molar-refractivity contribution in [2.24, 2.45) is 0 Å². The molecule has 1 aromatic heterocycles. The minimum atomic E-state index is -0.504. The third-order valence-corrected chi connectivity index (χ3v) is 4.44. The number of rotatable bonds is 6. The lowest BCUT2D eigenvalue weighted by atomic mass is 9.99. The quantitative estimate of drug-likeness (QED) is 0.853. The fourth-order valence-electron chi connectivity index (χ4n) is 2.27. The zero-order chi connectivity index (χ0) is 16.9. The molecule has 23 heavy (non-hydrogen) atoms. The van der Waals surface area contributed by atoms with Crippen molar-refractivity contribution in [2.75, 3.05) is 33.4 Å². The van der Waals surface area contributed by atoms with Gasteiger partial charge in [-0.15, -0.1) is 0 Å². The molecule has 1 saturated heterocycles. The molecule has 2 rings (SSSR count). The molecule has 1 amide bonds. The Hall–Kier alpha value is -1.37. The third kappa shape index (κ3) is 4.80. The van der Waals surface area contributed by atoms with E-state index in [0.29, 0.717) is 30.7 Å². The third-order valence-electron chi connectivity index (χ3n) is 4.16. The Labute approximate surface area is 142 Å². The number of likely N-dealkylation sites (N-methyl/N-ethyl adjacent to an activating group) is 1. The summed E-state index contributed by atoms with van der Waals surface area (Å²) in [4.78, 5) is 18.6. The Kier molecular flexibility index (Phi) is 6.21. The fraction of sp³-hybridized carbons (Fsp3) is 0.625. The van der Waals surface area contributed by atoms with Crippen LogP contribution in [0.4, 0.5) is 0 Å². The summed E-state index contributed by atoms with van der Waals surface area (Å²) in [7, 11) is 1.93. The van der Waals surface area contributed by atoms with Crippen LogP contribution in [0.2, 0.25) is 5.02 Å². The average Bonchev–Trinajstić information content (AvgIpc) is 2.54. The molecular formula is C16H24ClN3O3. The lowest BCUT2D eigenvalue weighted by Crippen LogP contribution is -2.58. The summed E-state index contributed by atoms with van der Waals surface area (Å²) in [5.74, 6) is 0.327. The minimum Gasteiger partial charge on any atom is -0.474 e. The zero-order valence-corrected chi connectivity index (χ0v) is 14.6. The number of amides is 1. The maximum Gasteiger partial charge on any atom is 0.240 e. The molecule has 0 aromatic carbocycles. The van der Waals surface area contributed by atoms with Crippen LogP contribution >= 0.6 is 11.6 Å². The Morgan fingerprint density at radius 2 is 2.43 bits per heavy atom. The molecule has 0 unspecified atom stereocenters. The van der Waals surface area contributed by atoms with Crippen molar-refractivity contribution in [1.82, 2.24) is 15.2 Å². The number of carbonyl (C=O) groups excluding carboxylic acids is 1. The number of hydrogen-bond acceptors (Lipinski definition) is 5. The van der Waals surface area contributed by atoms with Crippen molar-refractivity contribution >= 4 is 17.5 Å². The number of halogens is 1. The first-order valence-electron chi connectivity index (χ1n) is 7.78. The molecule has 0 spiro atoms. The average molecular weight is 342 g/mol. The van der Waals surface area contributed by atoms with E-state index in [2.05, 4.69) is 10.3 Å². The molecule has 1 aliphatic heterocycles. The molecule has 6 nitrogen and oxygen atoms in total. The topological polar surface area (TPSA) is 63.7 Å². The van der Waals surface area contributed by atoms with Crippen molar-refractivity contribution in [3.05, 3.63) is 23.4 Å². The second-order valence-electron chi connectivity index (χ2n) is 6.05. The Morgan fingerprint density at radius 3 is 3.09 bits per heavy atom. The lowest BCUT2D eigenvalue weighted by Gasteiger charge is -2.35. The number of morpholine rings is 1. The van der Waals surface area contributed by atoms with Gasteiger partial charge in [0.15, 0.2) is 0 Å². The minimum absolute atomic E-state index is 0.0488. The SMILES string of the molecule is CC[C@@](C)(COc1ncccc1Cl)NC(=O)[C@@H]1COCCN1C. The van der Waals surface area contributed by atoms with Crippen molar-refractivity contribution in [3.8, 4) is 5.88 Å². The van der Waals surface area contributed by atoms with Crippen LogP contribution in [0.15, 0.2) is 18.3 Å². The summed E-state index contributed by atoms with van der Waals surface area (Å²) in [6, 6.07) is 3.20. The summed E-state index contributed by atoms with van der Waals surface area (Å²) in [5.41, 5.74) is -0.504. The first kappa shape index (κ1) is 18.0. The summed E-state index contributed by atoms with van der Waals surface area (Å²) < 4.78 is 11.1. The van der Waals surface area contributed by atoms with Gasteiger partial charge in [0.2, 0.25) is 11.8 Å². The first-order chi connectivity index (χ1) is 10.9. The highest BCUT2D eigenvalue weighted by atomic mass is 35.5. The molecule has 0 bridgehead atoms. The number of pyridine rings is 1. The fourth-order valence-corrected chi connectivity index (χ4v) is 2.45. The highest BCUT2D eigenvalue weighted by molar-refractivity contribution is 6.31. The monoisotopic (exact) mass is 341 g/mol. The van der Waals surface area contributed by atoms with E-state index in [-0.39, 0.29) is 11.9 Å². The molecule has 2 heterocycles. The molecule has 1 aromatic rings.